The number of aromatic nitrogens is 1. The summed E-state index contributed by atoms with van der Waals surface area (Å²) in [7, 11) is 0. The molecule has 1 atom stereocenters. The number of nitrogens with one attached hydrogen (secondary N) is 1. The Balaban J connectivity index is 1.62. The minimum absolute atomic E-state index is 0.0543. The number of hydrogen-bond donors (Lipinski definition) is 1. The molecule has 3 aromatic rings. The van der Waals surface area contributed by atoms with E-state index in [2.05, 4.69) is 10.5 Å². The van der Waals surface area contributed by atoms with E-state index in [1.165, 1.54) is 0 Å². The fraction of sp³-hybridized carbons (Fsp3) is 0.158. The molecule has 5 heteroatoms. The second-order valence-electron chi connectivity index (χ2n) is 5.57. The molecule has 1 heterocycles. The maximum absolute atomic E-state index is 12.2. The number of hydrogen-bond acceptors (Lipinski definition) is 3. The molecule has 1 amide bonds. The van der Waals surface area contributed by atoms with E-state index in [4.69, 9.17) is 16.1 Å². The van der Waals surface area contributed by atoms with E-state index in [0.29, 0.717) is 16.5 Å². The lowest BCUT2D eigenvalue weighted by atomic mass is 10.1. The Morgan fingerprint density at radius 2 is 1.88 bits per heavy atom. The minimum Gasteiger partial charge on any atom is -0.356 e. The molecule has 24 heavy (non-hydrogen) atoms. The first-order valence-corrected chi connectivity index (χ1v) is 8.05. The summed E-state index contributed by atoms with van der Waals surface area (Å²) in [5.41, 5.74) is 2.53. The summed E-state index contributed by atoms with van der Waals surface area (Å²) in [4.78, 5) is 12.2. The monoisotopic (exact) mass is 340 g/mol. The van der Waals surface area contributed by atoms with Crippen molar-refractivity contribution in [1.82, 2.24) is 10.5 Å². The summed E-state index contributed by atoms with van der Waals surface area (Å²) < 4.78 is 5.31. The minimum atomic E-state index is -0.0951. The Hall–Kier alpha value is -2.59. The summed E-state index contributed by atoms with van der Waals surface area (Å²) in [6.45, 7) is 1.95. The van der Waals surface area contributed by atoms with E-state index >= 15 is 0 Å². The molecule has 0 saturated heterocycles. The zero-order valence-electron chi connectivity index (χ0n) is 13.2. The van der Waals surface area contributed by atoms with Crippen LogP contribution in [0.5, 0.6) is 0 Å². The maximum Gasteiger partial charge on any atom is 0.226 e. The van der Waals surface area contributed by atoms with Crippen LogP contribution in [0.4, 0.5) is 0 Å². The van der Waals surface area contributed by atoms with Crippen LogP contribution in [-0.4, -0.2) is 11.1 Å². The number of halogens is 1. The predicted octanol–water partition coefficient (Wildman–Crippen LogP) is 4.41. The van der Waals surface area contributed by atoms with Crippen LogP contribution >= 0.6 is 11.6 Å². The smallest absolute Gasteiger partial charge is 0.226 e. The Morgan fingerprint density at radius 1 is 1.17 bits per heavy atom. The van der Waals surface area contributed by atoms with Gasteiger partial charge in [0, 0.05) is 16.7 Å². The van der Waals surface area contributed by atoms with Crippen molar-refractivity contribution in [2.45, 2.75) is 19.4 Å². The zero-order chi connectivity index (χ0) is 16.9. The topological polar surface area (TPSA) is 55.1 Å². The average molecular weight is 341 g/mol. The van der Waals surface area contributed by atoms with E-state index in [9.17, 15) is 4.79 Å². The molecule has 0 fully saturated rings. The molecule has 4 nitrogen and oxygen atoms in total. The van der Waals surface area contributed by atoms with Gasteiger partial charge in [-0.25, -0.2) is 0 Å². The Bertz CT molecular complexity index is 813. The molecule has 2 aromatic carbocycles. The molecule has 1 aromatic heterocycles. The van der Waals surface area contributed by atoms with Gasteiger partial charge in [0.2, 0.25) is 5.91 Å². The largest absolute Gasteiger partial charge is 0.356 e. The van der Waals surface area contributed by atoms with Crippen LogP contribution in [-0.2, 0) is 11.2 Å². The van der Waals surface area contributed by atoms with Gasteiger partial charge in [0.05, 0.1) is 18.2 Å². The second kappa shape index (κ2) is 7.32. The molecule has 0 aliphatic heterocycles. The molecule has 122 valence electrons. The molecular formula is C19H17ClN2O2. The molecule has 0 bridgehead atoms. The van der Waals surface area contributed by atoms with Crippen molar-refractivity contribution in [3.05, 3.63) is 76.9 Å². The average Bonchev–Trinajstić information content (AvgIpc) is 3.04. The zero-order valence-corrected chi connectivity index (χ0v) is 14.0. The first-order chi connectivity index (χ1) is 11.6. The van der Waals surface area contributed by atoms with E-state index in [1.807, 2.05) is 49.4 Å². The molecule has 0 spiro atoms. The van der Waals surface area contributed by atoms with E-state index < -0.39 is 0 Å². The van der Waals surface area contributed by atoms with Gasteiger partial charge in [-0.15, -0.1) is 0 Å². The van der Waals surface area contributed by atoms with Gasteiger partial charge in [0.15, 0.2) is 5.76 Å². The molecule has 0 aliphatic carbocycles. The first-order valence-electron chi connectivity index (χ1n) is 7.67. The van der Waals surface area contributed by atoms with Crippen molar-refractivity contribution < 1.29 is 9.32 Å². The normalized spacial score (nSPS) is 11.9. The van der Waals surface area contributed by atoms with Crippen molar-refractivity contribution in [2.75, 3.05) is 0 Å². The van der Waals surface area contributed by atoms with Gasteiger partial charge in [-0.1, -0.05) is 47.1 Å². The summed E-state index contributed by atoms with van der Waals surface area (Å²) in [6.07, 6.45) is 0.175. The Labute approximate surface area is 145 Å². The number of carbonyl (C=O) groups is 1. The van der Waals surface area contributed by atoms with Crippen LogP contribution in [0.2, 0.25) is 5.02 Å². The third-order valence-corrected chi connectivity index (χ3v) is 3.96. The van der Waals surface area contributed by atoms with Gasteiger partial charge in [0.1, 0.15) is 0 Å². The predicted molar refractivity (Wildman–Crippen MR) is 93.7 cm³/mol. The highest BCUT2D eigenvalue weighted by Gasteiger charge is 2.13. The summed E-state index contributed by atoms with van der Waals surface area (Å²) in [5, 5.41) is 7.59. The maximum atomic E-state index is 12.2. The lowest BCUT2D eigenvalue weighted by molar-refractivity contribution is -0.121. The number of carbonyl (C=O) groups excluding carboxylic acids is 1. The van der Waals surface area contributed by atoms with Crippen molar-refractivity contribution in [1.29, 1.82) is 0 Å². The third kappa shape index (κ3) is 4.03. The second-order valence-corrected chi connectivity index (χ2v) is 6.00. The van der Waals surface area contributed by atoms with Crippen molar-refractivity contribution in [3.63, 3.8) is 0 Å². The number of nitrogens with zero attached hydrogens (tertiary/aromatic N) is 1. The molecule has 1 unspecified atom stereocenters. The van der Waals surface area contributed by atoms with Crippen LogP contribution in [0.15, 0.2) is 65.2 Å². The Kier molecular flexibility index (Phi) is 4.96. The van der Waals surface area contributed by atoms with Gasteiger partial charge in [-0.3, -0.25) is 4.79 Å². The first kappa shape index (κ1) is 16.3. The molecule has 1 N–H and O–H groups in total. The Morgan fingerprint density at radius 3 is 2.58 bits per heavy atom. The van der Waals surface area contributed by atoms with Crippen molar-refractivity contribution in [2.24, 2.45) is 0 Å². The number of benzene rings is 2. The number of amides is 1. The van der Waals surface area contributed by atoms with Crippen LogP contribution in [0.3, 0.4) is 0 Å². The van der Waals surface area contributed by atoms with Crippen LogP contribution in [0.1, 0.15) is 24.2 Å². The van der Waals surface area contributed by atoms with Gasteiger partial charge >= 0.3 is 0 Å². The van der Waals surface area contributed by atoms with E-state index in [1.54, 1.807) is 18.2 Å². The van der Waals surface area contributed by atoms with Crippen LogP contribution in [0.25, 0.3) is 11.3 Å². The lowest BCUT2D eigenvalue weighted by Gasteiger charge is -2.13. The molecule has 3 rings (SSSR count). The molecule has 0 radical (unpaired) electrons. The number of rotatable bonds is 5. The van der Waals surface area contributed by atoms with Gasteiger partial charge in [0.25, 0.3) is 0 Å². The lowest BCUT2D eigenvalue weighted by Crippen LogP contribution is -2.28. The van der Waals surface area contributed by atoms with Crippen molar-refractivity contribution >= 4 is 17.5 Å². The van der Waals surface area contributed by atoms with Crippen LogP contribution in [0, 0.1) is 0 Å². The molecule has 0 saturated carbocycles. The van der Waals surface area contributed by atoms with Gasteiger partial charge in [-0.2, -0.15) is 0 Å². The molecule has 0 aliphatic rings. The van der Waals surface area contributed by atoms with Gasteiger partial charge in [-0.05, 0) is 36.8 Å². The highest BCUT2D eigenvalue weighted by molar-refractivity contribution is 6.30. The highest BCUT2D eigenvalue weighted by Crippen LogP contribution is 2.22. The van der Waals surface area contributed by atoms with Gasteiger partial charge < -0.3 is 9.84 Å². The van der Waals surface area contributed by atoms with Crippen LogP contribution < -0.4 is 5.32 Å². The summed E-state index contributed by atoms with van der Waals surface area (Å²) in [5.74, 6) is 0.521. The van der Waals surface area contributed by atoms with Crippen molar-refractivity contribution in [3.8, 4) is 11.3 Å². The molecular weight excluding hydrogens is 324 g/mol. The SMILES string of the molecule is CC(NC(=O)Cc1cc(-c2ccc(Cl)cc2)on1)c1ccccc1. The fourth-order valence-corrected chi connectivity index (χ4v) is 2.55. The standard InChI is InChI=1S/C19H17ClN2O2/c1-13(14-5-3-2-4-6-14)21-19(23)12-17-11-18(24-22-17)15-7-9-16(20)10-8-15/h2-11,13H,12H2,1H3,(H,21,23). The summed E-state index contributed by atoms with van der Waals surface area (Å²) >= 11 is 5.87. The summed E-state index contributed by atoms with van der Waals surface area (Å²) in [6, 6.07) is 18.8. The van der Waals surface area contributed by atoms with E-state index in [0.717, 1.165) is 11.1 Å². The quantitative estimate of drug-likeness (QED) is 0.748. The van der Waals surface area contributed by atoms with E-state index in [-0.39, 0.29) is 18.4 Å². The third-order valence-electron chi connectivity index (χ3n) is 3.71. The highest BCUT2D eigenvalue weighted by atomic mass is 35.5. The fourth-order valence-electron chi connectivity index (χ4n) is 2.43.